The average Bonchev–Trinajstić information content (AvgIpc) is 3.13. The minimum Gasteiger partial charge on any atom is -0.389 e. The van der Waals surface area contributed by atoms with Gasteiger partial charge in [-0.05, 0) is 44.4 Å². The predicted molar refractivity (Wildman–Crippen MR) is 97.2 cm³/mol. The molecule has 150 valence electrons. The molecule has 0 N–H and O–H groups in total. The van der Waals surface area contributed by atoms with E-state index in [9.17, 15) is 0 Å². The Morgan fingerprint density at radius 1 is 0.926 bits per heavy atom. The Morgan fingerprint density at radius 2 is 1.67 bits per heavy atom. The molecule has 6 aliphatic rings. The third-order valence-corrected chi connectivity index (χ3v) is 8.49. The van der Waals surface area contributed by atoms with Crippen LogP contribution in [-0.4, -0.2) is 49.3 Å². The highest BCUT2D eigenvalue weighted by Crippen LogP contribution is 2.65. The quantitative estimate of drug-likeness (QED) is 0.755. The molecule has 2 saturated heterocycles. The number of hydrogen-bond acceptors (Lipinski definition) is 6. The molecule has 3 heterocycles. The Balaban J connectivity index is 1.26. The van der Waals surface area contributed by atoms with Gasteiger partial charge in [0.25, 0.3) is 0 Å². The molecule has 0 aromatic heterocycles. The fourth-order valence-electron chi connectivity index (χ4n) is 6.82. The Hall–Kier alpha value is -0.690. The molecule has 27 heavy (non-hydrogen) atoms. The highest BCUT2D eigenvalue weighted by Gasteiger charge is 2.68. The molecular weight excluding hydrogens is 346 g/mol. The fraction of sp³-hybridized carbons (Fsp3) is 0.952. The summed E-state index contributed by atoms with van der Waals surface area (Å²) < 4.78 is 25.1. The van der Waals surface area contributed by atoms with Gasteiger partial charge in [0.15, 0.2) is 11.6 Å². The van der Waals surface area contributed by atoms with Crippen molar-refractivity contribution in [3.63, 3.8) is 0 Å². The smallest absolute Gasteiger partial charge is 0.174 e. The molecule has 3 aliphatic carbocycles. The number of rotatable bonds is 3. The molecule has 5 fully saturated rings. The van der Waals surface area contributed by atoms with E-state index >= 15 is 0 Å². The van der Waals surface area contributed by atoms with Crippen molar-refractivity contribution in [1.29, 1.82) is 0 Å². The highest BCUT2D eigenvalue weighted by molar-refractivity contribution is 5.86. The van der Waals surface area contributed by atoms with Crippen molar-refractivity contribution in [3.05, 3.63) is 0 Å². The molecule has 0 radical (unpaired) electrons. The summed E-state index contributed by atoms with van der Waals surface area (Å²) in [6, 6.07) is 0. The molecule has 6 nitrogen and oxygen atoms in total. The summed E-state index contributed by atoms with van der Waals surface area (Å²) in [6.45, 7) is 5.26. The summed E-state index contributed by atoms with van der Waals surface area (Å²) in [5.41, 5.74) is 1.35. The molecule has 0 unspecified atom stereocenters. The van der Waals surface area contributed by atoms with E-state index in [4.69, 9.17) is 23.8 Å². The maximum absolute atomic E-state index is 6.29. The first-order valence-electron chi connectivity index (χ1n) is 10.9. The van der Waals surface area contributed by atoms with Crippen LogP contribution in [0.25, 0.3) is 0 Å². The lowest BCUT2D eigenvalue weighted by Crippen LogP contribution is -2.57. The van der Waals surface area contributed by atoms with Crippen molar-refractivity contribution in [1.82, 2.24) is 0 Å². The van der Waals surface area contributed by atoms with Crippen LogP contribution in [0.3, 0.4) is 0 Å². The lowest BCUT2D eigenvalue weighted by molar-refractivity contribution is -0.287. The van der Waals surface area contributed by atoms with Crippen LogP contribution in [0, 0.1) is 17.3 Å². The molecular formula is C21H31NO5. The first-order valence-corrected chi connectivity index (χ1v) is 10.9. The number of ether oxygens (including phenoxy) is 4. The number of nitrogens with zero attached hydrogens (tertiary/aromatic N) is 1. The van der Waals surface area contributed by atoms with Gasteiger partial charge >= 0.3 is 0 Å². The van der Waals surface area contributed by atoms with Crippen molar-refractivity contribution in [3.8, 4) is 0 Å². The largest absolute Gasteiger partial charge is 0.389 e. The Kier molecular flexibility index (Phi) is 3.62. The van der Waals surface area contributed by atoms with Crippen molar-refractivity contribution < 1.29 is 23.8 Å². The molecule has 6 rings (SSSR count). The van der Waals surface area contributed by atoms with Crippen LogP contribution >= 0.6 is 0 Å². The molecule has 3 atom stereocenters. The first kappa shape index (κ1) is 17.2. The number of fused-ring (bicyclic) bond motifs is 2. The maximum atomic E-state index is 6.29. The van der Waals surface area contributed by atoms with Gasteiger partial charge in [-0.25, -0.2) is 0 Å². The van der Waals surface area contributed by atoms with Crippen LogP contribution < -0.4 is 0 Å². The van der Waals surface area contributed by atoms with Crippen molar-refractivity contribution in [2.24, 2.45) is 22.4 Å². The zero-order valence-electron chi connectivity index (χ0n) is 16.3. The topological polar surface area (TPSA) is 58.5 Å². The maximum Gasteiger partial charge on any atom is 0.174 e. The minimum absolute atomic E-state index is 0.0421. The van der Waals surface area contributed by atoms with Crippen molar-refractivity contribution in [2.75, 3.05) is 26.4 Å². The molecule has 0 amide bonds. The van der Waals surface area contributed by atoms with Crippen LogP contribution in [0.4, 0.5) is 0 Å². The van der Waals surface area contributed by atoms with Gasteiger partial charge in [0, 0.05) is 30.6 Å². The normalized spacial score (nSPS) is 42.6. The van der Waals surface area contributed by atoms with E-state index in [0.29, 0.717) is 25.0 Å². The van der Waals surface area contributed by atoms with Crippen molar-refractivity contribution >= 4 is 5.71 Å². The van der Waals surface area contributed by atoms with E-state index < -0.39 is 5.79 Å². The summed E-state index contributed by atoms with van der Waals surface area (Å²) in [6.07, 6.45) is 9.49. The Morgan fingerprint density at radius 3 is 2.37 bits per heavy atom. The number of hydrogen-bond donors (Lipinski definition) is 0. The van der Waals surface area contributed by atoms with Gasteiger partial charge in [0.2, 0.25) is 0 Å². The van der Waals surface area contributed by atoms with E-state index in [1.54, 1.807) is 0 Å². The summed E-state index contributed by atoms with van der Waals surface area (Å²) >= 11 is 0. The molecule has 0 aromatic rings. The fourth-order valence-corrected chi connectivity index (χ4v) is 6.82. The summed E-state index contributed by atoms with van der Waals surface area (Å²) in [7, 11) is 0. The summed E-state index contributed by atoms with van der Waals surface area (Å²) in [5.74, 6) is 0.0676. The second-order valence-corrected chi connectivity index (χ2v) is 9.77. The second kappa shape index (κ2) is 5.68. The van der Waals surface area contributed by atoms with Crippen LogP contribution in [0.15, 0.2) is 5.16 Å². The molecule has 3 saturated carbocycles. The van der Waals surface area contributed by atoms with Gasteiger partial charge in [0.05, 0.1) is 32.1 Å². The lowest BCUT2D eigenvalue weighted by atomic mass is 9.59. The van der Waals surface area contributed by atoms with Gasteiger partial charge in [-0.2, -0.15) is 0 Å². The van der Waals surface area contributed by atoms with Gasteiger partial charge < -0.3 is 23.8 Å². The second-order valence-electron chi connectivity index (χ2n) is 9.77. The van der Waals surface area contributed by atoms with Crippen LogP contribution in [-0.2, 0) is 23.8 Å². The third kappa shape index (κ3) is 2.36. The zero-order chi connectivity index (χ0) is 18.2. The Bertz CT molecular complexity index is 647. The van der Waals surface area contributed by atoms with Crippen LogP contribution in [0.2, 0.25) is 0 Å². The van der Waals surface area contributed by atoms with E-state index in [-0.39, 0.29) is 16.8 Å². The van der Waals surface area contributed by atoms with E-state index in [2.05, 4.69) is 12.1 Å². The zero-order valence-corrected chi connectivity index (χ0v) is 16.3. The summed E-state index contributed by atoms with van der Waals surface area (Å²) in [4.78, 5) is 5.69. The molecule has 0 bridgehead atoms. The molecule has 3 spiro atoms. The lowest BCUT2D eigenvalue weighted by Gasteiger charge is -2.53. The minimum atomic E-state index is -0.411. The van der Waals surface area contributed by atoms with E-state index in [1.165, 1.54) is 5.71 Å². The van der Waals surface area contributed by atoms with Gasteiger partial charge in [-0.1, -0.05) is 12.1 Å². The van der Waals surface area contributed by atoms with Crippen LogP contribution in [0.5, 0.6) is 0 Å². The van der Waals surface area contributed by atoms with Gasteiger partial charge in [-0.15, -0.1) is 0 Å². The SMILES string of the molecule is C[C@]12CCC3(OCCO3)[C@@H](CCC3=NOC4(CC4)C3)[C@@H]1CCC21OCCO1. The highest BCUT2D eigenvalue weighted by atomic mass is 16.7. The molecule has 6 heteroatoms. The van der Waals surface area contributed by atoms with Gasteiger partial charge in [-0.3, -0.25) is 0 Å². The molecule has 3 aliphatic heterocycles. The standard InChI is InChI=1S/C21H31NO5/c1-18-6-9-20(23-10-11-24-20)17(3-2-15-14-19(7-8-19)27-22-15)16(18)4-5-21(18)25-12-13-26-21/h16-17H,2-14H2,1H3/t16-,17-,18-/m0/s1. The first-order chi connectivity index (χ1) is 13.1. The summed E-state index contributed by atoms with van der Waals surface area (Å²) in [5, 5.41) is 4.41. The van der Waals surface area contributed by atoms with Crippen molar-refractivity contribution in [2.45, 2.75) is 81.9 Å². The third-order valence-electron chi connectivity index (χ3n) is 8.49. The Labute approximate surface area is 160 Å². The van der Waals surface area contributed by atoms with Gasteiger partial charge in [0.1, 0.15) is 5.60 Å². The predicted octanol–water partition coefficient (Wildman–Crippen LogP) is 3.39. The molecule has 0 aromatic carbocycles. The average molecular weight is 377 g/mol. The van der Waals surface area contributed by atoms with E-state index in [0.717, 1.165) is 71.0 Å². The van der Waals surface area contributed by atoms with Crippen LogP contribution in [0.1, 0.15) is 64.7 Å². The van der Waals surface area contributed by atoms with E-state index in [1.807, 2.05) is 0 Å². The number of oxime groups is 1. The monoisotopic (exact) mass is 377 g/mol.